The van der Waals surface area contributed by atoms with Crippen LogP contribution in [0.4, 0.5) is 4.39 Å². The lowest BCUT2D eigenvalue weighted by molar-refractivity contribution is 0.465. The van der Waals surface area contributed by atoms with E-state index >= 15 is 0 Å². The molecule has 0 aliphatic rings. The minimum Gasteiger partial charge on any atom is -0.459 e. The molecule has 0 aliphatic heterocycles. The number of nitrogens with one attached hydrogen (secondary N) is 1. The third kappa shape index (κ3) is 2.57. The number of halogens is 1. The topological polar surface area (TPSA) is 51.0 Å². The van der Waals surface area contributed by atoms with Crippen LogP contribution >= 0.6 is 11.7 Å². The zero-order valence-electron chi connectivity index (χ0n) is 11.0. The van der Waals surface area contributed by atoms with Gasteiger partial charge in [0.25, 0.3) is 0 Å². The lowest BCUT2D eigenvalue weighted by atomic mass is 10.1. The Hall–Kier alpha value is -1.79. The second kappa shape index (κ2) is 5.68. The average Bonchev–Trinajstić information content (AvgIpc) is 3.08. The van der Waals surface area contributed by atoms with Crippen molar-refractivity contribution in [1.29, 1.82) is 0 Å². The largest absolute Gasteiger partial charge is 0.459 e. The first kappa shape index (κ1) is 13.2. The van der Waals surface area contributed by atoms with Gasteiger partial charge in [0.2, 0.25) is 0 Å². The standard InChI is InChI=1S/C14H14FN3OS/c1-2-5-16-14(11-8-17-20-18-11)13-7-9-6-10(15)3-4-12(9)19-13/h3-4,6-8,14,16H,2,5H2,1H3. The molecule has 0 aliphatic carbocycles. The summed E-state index contributed by atoms with van der Waals surface area (Å²) in [5, 5.41) is 4.14. The van der Waals surface area contributed by atoms with Gasteiger partial charge in [-0.1, -0.05) is 6.92 Å². The highest BCUT2D eigenvalue weighted by Gasteiger charge is 2.20. The van der Waals surface area contributed by atoms with Crippen LogP contribution in [-0.2, 0) is 0 Å². The Morgan fingerprint density at radius 1 is 1.40 bits per heavy atom. The summed E-state index contributed by atoms with van der Waals surface area (Å²) in [5.41, 5.74) is 1.50. The smallest absolute Gasteiger partial charge is 0.134 e. The second-order valence-corrected chi connectivity index (χ2v) is 5.11. The predicted molar refractivity (Wildman–Crippen MR) is 76.2 cm³/mol. The zero-order valence-corrected chi connectivity index (χ0v) is 11.8. The molecule has 2 aromatic heterocycles. The molecular weight excluding hydrogens is 277 g/mol. The van der Waals surface area contributed by atoms with Gasteiger partial charge in [-0.3, -0.25) is 0 Å². The van der Waals surface area contributed by atoms with Crippen molar-refractivity contribution in [3.05, 3.63) is 47.7 Å². The van der Waals surface area contributed by atoms with E-state index < -0.39 is 0 Å². The number of rotatable bonds is 5. The Labute approximate surface area is 120 Å². The van der Waals surface area contributed by atoms with Gasteiger partial charge in [0, 0.05) is 5.39 Å². The van der Waals surface area contributed by atoms with Crippen LogP contribution < -0.4 is 5.32 Å². The molecule has 1 aromatic carbocycles. The van der Waals surface area contributed by atoms with E-state index in [0.29, 0.717) is 5.58 Å². The highest BCUT2D eigenvalue weighted by molar-refractivity contribution is 6.99. The van der Waals surface area contributed by atoms with Gasteiger partial charge in [-0.05, 0) is 37.2 Å². The van der Waals surface area contributed by atoms with Crippen LogP contribution in [-0.4, -0.2) is 15.3 Å². The summed E-state index contributed by atoms with van der Waals surface area (Å²) in [5.74, 6) is 0.463. The molecule has 0 spiro atoms. The van der Waals surface area contributed by atoms with Gasteiger partial charge in [-0.2, -0.15) is 8.75 Å². The molecule has 4 nitrogen and oxygen atoms in total. The molecule has 20 heavy (non-hydrogen) atoms. The molecule has 104 valence electrons. The molecule has 1 unspecified atom stereocenters. The molecule has 3 aromatic rings. The SMILES string of the molecule is CCCNC(c1cnsn1)c1cc2cc(F)ccc2o1. The van der Waals surface area contributed by atoms with Crippen LogP contribution in [0, 0.1) is 5.82 Å². The maximum Gasteiger partial charge on any atom is 0.134 e. The molecule has 1 atom stereocenters. The molecule has 0 amide bonds. The van der Waals surface area contributed by atoms with Crippen molar-refractivity contribution in [2.24, 2.45) is 0 Å². The van der Waals surface area contributed by atoms with Crippen LogP contribution in [0.1, 0.15) is 30.8 Å². The summed E-state index contributed by atoms with van der Waals surface area (Å²) >= 11 is 1.16. The third-order valence-corrected chi connectivity index (χ3v) is 3.55. The fourth-order valence-corrected chi connectivity index (χ4v) is 2.56. The molecule has 3 rings (SSSR count). The highest BCUT2D eigenvalue weighted by Crippen LogP contribution is 2.28. The van der Waals surface area contributed by atoms with Gasteiger partial charge in [-0.25, -0.2) is 4.39 Å². The van der Waals surface area contributed by atoms with Crippen LogP contribution in [0.25, 0.3) is 11.0 Å². The quantitative estimate of drug-likeness (QED) is 0.781. The fourth-order valence-electron chi connectivity index (χ4n) is 2.12. The molecular formula is C14H14FN3OS. The van der Waals surface area contributed by atoms with Gasteiger partial charge in [0.15, 0.2) is 0 Å². The molecule has 2 heterocycles. The maximum atomic E-state index is 13.2. The van der Waals surface area contributed by atoms with Crippen molar-refractivity contribution in [3.63, 3.8) is 0 Å². The number of aromatic nitrogens is 2. The summed E-state index contributed by atoms with van der Waals surface area (Å²) in [6, 6.07) is 6.21. The average molecular weight is 291 g/mol. The zero-order chi connectivity index (χ0) is 13.9. The van der Waals surface area contributed by atoms with Gasteiger partial charge < -0.3 is 9.73 Å². The first-order chi connectivity index (χ1) is 9.78. The number of hydrogen-bond donors (Lipinski definition) is 1. The first-order valence-corrected chi connectivity index (χ1v) is 7.21. The molecule has 0 fully saturated rings. The van der Waals surface area contributed by atoms with Crippen LogP contribution in [0.5, 0.6) is 0 Å². The highest BCUT2D eigenvalue weighted by atomic mass is 32.1. The molecule has 1 N–H and O–H groups in total. The normalized spacial score (nSPS) is 12.9. The van der Waals surface area contributed by atoms with E-state index in [-0.39, 0.29) is 11.9 Å². The Balaban J connectivity index is 1.99. The first-order valence-electron chi connectivity index (χ1n) is 6.47. The van der Waals surface area contributed by atoms with E-state index in [1.165, 1.54) is 12.1 Å². The van der Waals surface area contributed by atoms with E-state index in [2.05, 4.69) is 21.0 Å². The number of furan rings is 1. The van der Waals surface area contributed by atoms with Crippen molar-refractivity contribution in [3.8, 4) is 0 Å². The van der Waals surface area contributed by atoms with E-state index in [9.17, 15) is 4.39 Å². The van der Waals surface area contributed by atoms with Gasteiger partial charge in [-0.15, -0.1) is 0 Å². The predicted octanol–water partition coefficient (Wildman–Crippen LogP) is 3.51. The third-order valence-electron chi connectivity index (χ3n) is 3.05. The maximum absolute atomic E-state index is 13.2. The fraction of sp³-hybridized carbons (Fsp3) is 0.286. The van der Waals surface area contributed by atoms with Crippen LogP contribution in [0.3, 0.4) is 0 Å². The number of fused-ring (bicyclic) bond motifs is 1. The molecule has 0 radical (unpaired) electrons. The summed E-state index contributed by atoms with van der Waals surface area (Å²) in [6.45, 7) is 2.94. The number of benzene rings is 1. The van der Waals surface area contributed by atoms with Gasteiger partial charge >= 0.3 is 0 Å². The van der Waals surface area contributed by atoms with E-state index in [4.69, 9.17) is 4.42 Å². The summed E-state index contributed by atoms with van der Waals surface area (Å²) in [7, 11) is 0. The minimum absolute atomic E-state index is 0.149. The molecule has 6 heteroatoms. The van der Waals surface area contributed by atoms with Crippen molar-refractivity contribution >= 4 is 22.7 Å². The Bertz CT molecular complexity index is 696. The lowest BCUT2D eigenvalue weighted by Gasteiger charge is -2.12. The van der Waals surface area contributed by atoms with Gasteiger partial charge in [0.1, 0.15) is 23.2 Å². The molecule has 0 saturated heterocycles. The number of nitrogens with zero attached hydrogens (tertiary/aromatic N) is 2. The second-order valence-electron chi connectivity index (χ2n) is 4.55. The van der Waals surface area contributed by atoms with Crippen LogP contribution in [0.15, 0.2) is 34.9 Å². The van der Waals surface area contributed by atoms with Crippen molar-refractivity contribution in [2.45, 2.75) is 19.4 Å². The monoisotopic (exact) mass is 291 g/mol. The van der Waals surface area contributed by atoms with Crippen molar-refractivity contribution in [1.82, 2.24) is 14.1 Å². The molecule has 0 bridgehead atoms. The van der Waals surface area contributed by atoms with Gasteiger partial charge in [0.05, 0.1) is 23.6 Å². The van der Waals surface area contributed by atoms with E-state index in [1.54, 1.807) is 12.3 Å². The minimum atomic E-state index is -0.266. The number of hydrogen-bond acceptors (Lipinski definition) is 5. The lowest BCUT2D eigenvalue weighted by Crippen LogP contribution is -2.23. The van der Waals surface area contributed by atoms with Crippen molar-refractivity contribution < 1.29 is 8.81 Å². The summed E-state index contributed by atoms with van der Waals surface area (Å²) in [6.07, 6.45) is 2.73. The Morgan fingerprint density at radius 3 is 3.05 bits per heavy atom. The summed E-state index contributed by atoms with van der Waals surface area (Å²) in [4.78, 5) is 0. The van der Waals surface area contributed by atoms with E-state index in [0.717, 1.165) is 41.5 Å². The van der Waals surface area contributed by atoms with E-state index in [1.807, 2.05) is 6.07 Å². The molecule has 0 saturated carbocycles. The summed E-state index contributed by atoms with van der Waals surface area (Å²) < 4.78 is 27.4. The van der Waals surface area contributed by atoms with Crippen LogP contribution in [0.2, 0.25) is 0 Å². The van der Waals surface area contributed by atoms with Crippen molar-refractivity contribution in [2.75, 3.05) is 6.54 Å². The Morgan fingerprint density at radius 2 is 2.30 bits per heavy atom. The Kier molecular flexibility index (Phi) is 3.75.